The minimum absolute atomic E-state index is 0.579. The summed E-state index contributed by atoms with van der Waals surface area (Å²) in [5.74, 6) is 3.12. The summed E-state index contributed by atoms with van der Waals surface area (Å²) in [5.41, 5.74) is 0.856. The lowest BCUT2D eigenvalue weighted by Gasteiger charge is -2.28. The van der Waals surface area contributed by atoms with Crippen LogP contribution in [0, 0.1) is 0 Å². The van der Waals surface area contributed by atoms with Crippen molar-refractivity contribution in [3.8, 4) is 17.4 Å². The van der Waals surface area contributed by atoms with Crippen molar-refractivity contribution in [1.82, 2.24) is 19.7 Å². The van der Waals surface area contributed by atoms with Gasteiger partial charge in [-0.05, 0) is 49.6 Å². The number of hydrogen-bond acceptors (Lipinski definition) is 5. The number of fused-ring (bicyclic) bond motifs is 1. The normalized spacial score (nSPS) is 14.4. The average Bonchev–Trinajstić information content (AvgIpc) is 3.29. The van der Waals surface area contributed by atoms with Crippen molar-refractivity contribution in [3.63, 3.8) is 0 Å². The van der Waals surface area contributed by atoms with Crippen LogP contribution in [-0.4, -0.2) is 32.8 Å². The molecule has 2 aromatic heterocycles. The highest BCUT2D eigenvalue weighted by Gasteiger charge is 2.18. The molecule has 1 aliphatic heterocycles. The Labute approximate surface area is 163 Å². The van der Waals surface area contributed by atoms with E-state index in [0.717, 1.165) is 41.3 Å². The third kappa shape index (κ3) is 3.29. The van der Waals surface area contributed by atoms with E-state index in [-0.39, 0.29) is 0 Å². The fourth-order valence-corrected chi connectivity index (χ4v) is 3.61. The minimum Gasteiger partial charge on any atom is -0.457 e. The van der Waals surface area contributed by atoms with E-state index in [1.807, 2.05) is 54.7 Å². The molecule has 1 fully saturated rings. The molecular weight excluding hydrogens is 350 g/mol. The average molecular weight is 371 g/mol. The Morgan fingerprint density at radius 2 is 1.68 bits per heavy atom. The molecule has 28 heavy (non-hydrogen) atoms. The topological polar surface area (TPSA) is 56.1 Å². The molecular formula is C22H21N5O. The van der Waals surface area contributed by atoms with E-state index in [0.29, 0.717) is 5.95 Å². The molecule has 0 spiro atoms. The van der Waals surface area contributed by atoms with Crippen LogP contribution in [0.25, 0.3) is 16.9 Å². The van der Waals surface area contributed by atoms with E-state index >= 15 is 0 Å². The number of piperidine rings is 1. The molecule has 3 heterocycles. The van der Waals surface area contributed by atoms with E-state index in [4.69, 9.17) is 14.7 Å². The first-order chi connectivity index (χ1) is 13.9. The summed E-state index contributed by atoms with van der Waals surface area (Å²) in [6.07, 6.45) is 7.27. The lowest BCUT2D eigenvalue weighted by molar-refractivity contribution is 0.483. The standard InChI is InChI=1S/C22H21N5O/c1-3-8-17(9-4-1)28-18-10-11-19-20(16-18)24-22(27-15-7-12-23-27)25-21(19)26-13-5-2-6-14-26/h1,3-4,7-12,15-16H,2,5-6,13-14H2. The Hall–Kier alpha value is -3.41. The van der Waals surface area contributed by atoms with Gasteiger partial charge < -0.3 is 9.64 Å². The first-order valence-corrected chi connectivity index (χ1v) is 9.66. The number of anilines is 1. The largest absolute Gasteiger partial charge is 0.457 e. The number of ether oxygens (including phenoxy) is 1. The Kier molecular flexibility index (Phi) is 4.37. The van der Waals surface area contributed by atoms with Gasteiger partial charge in [0.25, 0.3) is 5.95 Å². The molecule has 2 aromatic carbocycles. The monoisotopic (exact) mass is 371 g/mol. The number of nitrogens with zero attached hydrogens (tertiary/aromatic N) is 5. The second-order valence-corrected chi connectivity index (χ2v) is 6.94. The van der Waals surface area contributed by atoms with Crippen molar-refractivity contribution in [2.24, 2.45) is 0 Å². The predicted molar refractivity (Wildman–Crippen MR) is 109 cm³/mol. The van der Waals surface area contributed by atoms with Gasteiger partial charge in [-0.2, -0.15) is 10.1 Å². The van der Waals surface area contributed by atoms with Crippen molar-refractivity contribution >= 4 is 16.7 Å². The van der Waals surface area contributed by atoms with Crippen LogP contribution in [0.2, 0.25) is 0 Å². The molecule has 0 atom stereocenters. The molecule has 6 heteroatoms. The quantitative estimate of drug-likeness (QED) is 0.525. The van der Waals surface area contributed by atoms with Gasteiger partial charge in [0.05, 0.1) is 5.52 Å². The van der Waals surface area contributed by atoms with Gasteiger partial charge in [0.15, 0.2) is 0 Å². The highest BCUT2D eigenvalue weighted by atomic mass is 16.5. The van der Waals surface area contributed by atoms with Gasteiger partial charge in [0, 0.05) is 36.9 Å². The van der Waals surface area contributed by atoms with Gasteiger partial charge in [0.1, 0.15) is 17.3 Å². The maximum Gasteiger partial charge on any atom is 0.253 e. The van der Waals surface area contributed by atoms with Gasteiger partial charge in [-0.3, -0.25) is 0 Å². The number of benzene rings is 2. The maximum atomic E-state index is 6.01. The summed E-state index contributed by atoms with van der Waals surface area (Å²) in [5, 5.41) is 5.35. The Balaban J connectivity index is 1.60. The van der Waals surface area contributed by atoms with Gasteiger partial charge in [-0.1, -0.05) is 18.2 Å². The van der Waals surface area contributed by atoms with E-state index in [1.54, 1.807) is 10.9 Å². The molecule has 1 aliphatic rings. The predicted octanol–water partition coefficient (Wildman–Crippen LogP) is 4.60. The summed E-state index contributed by atoms with van der Waals surface area (Å²) in [7, 11) is 0. The van der Waals surface area contributed by atoms with E-state index < -0.39 is 0 Å². The van der Waals surface area contributed by atoms with Crippen LogP contribution >= 0.6 is 0 Å². The van der Waals surface area contributed by atoms with Gasteiger partial charge in [0.2, 0.25) is 0 Å². The Bertz CT molecular complexity index is 1070. The fourth-order valence-electron chi connectivity index (χ4n) is 3.61. The van der Waals surface area contributed by atoms with E-state index in [9.17, 15) is 0 Å². The van der Waals surface area contributed by atoms with Crippen LogP contribution in [0.5, 0.6) is 11.5 Å². The van der Waals surface area contributed by atoms with Crippen molar-refractivity contribution in [1.29, 1.82) is 0 Å². The molecule has 0 unspecified atom stereocenters. The molecule has 6 nitrogen and oxygen atoms in total. The molecule has 140 valence electrons. The molecule has 1 saturated heterocycles. The zero-order valence-electron chi connectivity index (χ0n) is 15.5. The number of rotatable bonds is 4. The highest BCUT2D eigenvalue weighted by Crippen LogP contribution is 2.31. The molecule has 0 amide bonds. The lowest BCUT2D eigenvalue weighted by Crippen LogP contribution is -2.30. The Morgan fingerprint density at radius 1 is 0.821 bits per heavy atom. The van der Waals surface area contributed by atoms with Gasteiger partial charge in [-0.25, -0.2) is 9.67 Å². The van der Waals surface area contributed by atoms with Gasteiger partial charge >= 0.3 is 0 Å². The second-order valence-electron chi connectivity index (χ2n) is 6.94. The molecule has 0 radical (unpaired) electrons. The summed E-state index contributed by atoms with van der Waals surface area (Å²) in [4.78, 5) is 12.0. The highest BCUT2D eigenvalue weighted by molar-refractivity contribution is 5.91. The molecule has 0 bridgehead atoms. The SMILES string of the molecule is c1ccc(Oc2ccc3c(N4CCCCC4)nc(-n4cccn4)nc3c2)cc1. The first kappa shape index (κ1) is 16.7. The van der Waals surface area contributed by atoms with Crippen molar-refractivity contribution in [2.45, 2.75) is 19.3 Å². The second kappa shape index (κ2) is 7.31. The zero-order chi connectivity index (χ0) is 18.8. The van der Waals surface area contributed by atoms with Crippen LogP contribution in [0.3, 0.4) is 0 Å². The number of para-hydroxylation sites is 1. The maximum absolute atomic E-state index is 6.01. The third-order valence-corrected chi connectivity index (χ3v) is 4.98. The summed E-state index contributed by atoms with van der Waals surface area (Å²) in [6.45, 7) is 2.04. The third-order valence-electron chi connectivity index (χ3n) is 4.98. The summed E-state index contributed by atoms with van der Waals surface area (Å²) in [6, 6.07) is 17.7. The number of aromatic nitrogens is 4. The molecule has 0 aliphatic carbocycles. The van der Waals surface area contributed by atoms with Crippen molar-refractivity contribution < 1.29 is 4.74 Å². The van der Waals surface area contributed by atoms with Crippen molar-refractivity contribution in [3.05, 3.63) is 67.0 Å². The number of hydrogen-bond donors (Lipinski definition) is 0. The van der Waals surface area contributed by atoms with Crippen molar-refractivity contribution in [2.75, 3.05) is 18.0 Å². The zero-order valence-corrected chi connectivity index (χ0v) is 15.5. The van der Waals surface area contributed by atoms with Crippen LogP contribution in [0.4, 0.5) is 5.82 Å². The van der Waals surface area contributed by atoms with Crippen LogP contribution in [0.1, 0.15) is 19.3 Å². The molecule has 0 N–H and O–H groups in total. The van der Waals surface area contributed by atoms with Crippen LogP contribution in [-0.2, 0) is 0 Å². The molecule has 0 saturated carbocycles. The van der Waals surface area contributed by atoms with E-state index in [1.165, 1.54) is 19.3 Å². The first-order valence-electron chi connectivity index (χ1n) is 9.66. The molecule has 5 rings (SSSR count). The fraction of sp³-hybridized carbons (Fsp3) is 0.227. The van der Waals surface area contributed by atoms with E-state index in [2.05, 4.69) is 16.1 Å². The van der Waals surface area contributed by atoms with Gasteiger partial charge in [-0.15, -0.1) is 0 Å². The van der Waals surface area contributed by atoms with Crippen LogP contribution < -0.4 is 9.64 Å². The summed E-state index contributed by atoms with van der Waals surface area (Å²) < 4.78 is 7.71. The lowest BCUT2D eigenvalue weighted by atomic mass is 10.1. The Morgan fingerprint density at radius 3 is 2.46 bits per heavy atom. The minimum atomic E-state index is 0.579. The van der Waals surface area contributed by atoms with Crippen LogP contribution in [0.15, 0.2) is 67.0 Å². The molecule has 4 aromatic rings. The summed E-state index contributed by atoms with van der Waals surface area (Å²) >= 11 is 0. The smallest absolute Gasteiger partial charge is 0.253 e.